The topological polar surface area (TPSA) is 79.7 Å². The van der Waals surface area contributed by atoms with Gasteiger partial charge in [-0.1, -0.05) is 18.2 Å². The Kier molecular flexibility index (Phi) is 3.74. The Bertz CT molecular complexity index is 715. The summed E-state index contributed by atoms with van der Waals surface area (Å²) in [5, 5.41) is 9.24. The predicted octanol–water partition coefficient (Wildman–Crippen LogP) is 2.34. The van der Waals surface area contributed by atoms with Gasteiger partial charge in [-0.15, -0.1) is 0 Å². The highest BCUT2D eigenvalue weighted by molar-refractivity contribution is 5.89. The van der Waals surface area contributed by atoms with E-state index in [0.717, 1.165) is 5.69 Å². The van der Waals surface area contributed by atoms with Crippen molar-refractivity contribution in [1.82, 2.24) is 9.88 Å². The smallest absolute Gasteiger partial charge is 0.415 e. The SMILES string of the molecule is O=C(O)c1ccnc2c1CN(C(=O)Oc1ccccc1)CC2. The van der Waals surface area contributed by atoms with Gasteiger partial charge in [-0.3, -0.25) is 4.98 Å². The lowest BCUT2D eigenvalue weighted by Gasteiger charge is -2.28. The average Bonchev–Trinajstić information content (AvgIpc) is 2.54. The van der Waals surface area contributed by atoms with Crippen molar-refractivity contribution in [1.29, 1.82) is 0 Å². The maximum Gasteiger partial charge on any atom is 0.415 e. The number of carbonyl (C=O) groups is 2. The molecular weight excluding hydrogens is 284 g/mol. The second-order valence-electron chi connectivity index (χ2n) is 4.94. The monoisotopic (exact) mass is 298 g/mol. The number of hydrogen-bond donors (Lipinski definition) is 1. The van der Waals surface area contributed by atoms with Gasteiger partial charge in [0.05, 0.1) is 12.1 Å². The van der Waals surface area contributed by atoms with E-state index in [1.54, 1.807) is 24.3 Å². The van der Waals surface area contributed by atoms with Gasteiger partial charge in [0.1, 0.15) is 5.75 Å². The molecule has 1 aliphatic heterocycles. The molecule has 2 aromatic rings. The minimum Gasteiger partial charge on any atom is -0.478 e. The average molecular weight is 298 g/mol. The fourth-order valence-corrected chi connectivity index (χ4v) is 2.45. The molecule has 0 aliphatic carbocycles. The van der Waals surface area contributed by atoms with Crippen molar-refractivity contribution in [3.8, 4) is 5.75 Å². The number of carboxylic acids is 1. The minimum atomic E-state index is -1.02. The first-order chi connectivity index (χ1) is 10.6. The van der Waals surface area contributed by atoms with Crippen LogP contribution in [0.4, 0.5) is 4.79 Å². The number of nitrogens with zero attached hydrogens (tertiary/aromatic N) is 2. The molecule has 0 saturated heterocycles. The highest BCUT2D eigenvalue weighted by Gasteiger charge is 2.26. The second-order valence-corrected chi connectivity index (χ2v) is 4.94. The lowest BCUT2D eigenvalue weighted by molar-refractivity contribution is 0.0692. The third-order valence-corrected chi connectivity index (χ3v) is 3.55. The first kappa shape index (κ1) is 14.1. The molecule has 0 fully saturated rings. The van der Waals surface area contributed by atoms with E-state index in [2.05, 4.69) is 4.98 Å². The van der Waals surface area contributed by atoms with E-state index in [4.69, 9.17) is 4.74 Å². The van der Waals surface area contributed by atoms with Crippen LogP contribution in [0.2, 0.25) is 0 Å². The molecule has 1 aliphatic rings. The van der Waals surface area contributed by atoms with Gasteiger partial charge in [0, 0.05) is 30.4 Å². The highest BCUT2D eigenvalue weighted by atomic mass is 16.6. The summed E-state index contributed by atoms with van der Waals surface area (Å²) in [6.07, 6.45) is 1.51. The Balaban J connectivity index is 1.79. The molecule has 112 valence electrons. The Morgan fingerprint density at radius 3 is 2.68 bits per heavy atom. The third-order valence-electron chi connectivity index (χ3n) is 3.55. The van der Waals surface area contributed by atoms with Gasteiger partial charge in [0.2, 0.25) is 0 Å². The zero-order valence-electron chi connectivity index (χ0n) is 11.7. The van der Waals surface area contributed by atoms with Gasteiger partial charge in [0.25, 0.3) is 0 Å². The number of amides is 1. The minimum absolute atomic E-state index is 0.183. The van der Waals surface area contributed by atoms with Crippen LogP contribution >= 0.6 is 0 Å². The van der Waals surface area contributed by atoms with Gasteiger partial charge >= 0.3 is 12.1 Å². The summed E-state index contributed by atoms with van der Waals surface area (Å²) in [5.74, 6) is -0.556. The van der Waals surface area contributed by atoms with Gasteiger partial charge in [0.15, 0.2) is 0 Å². The van der Waals surface area contributed by atoms with Crippen molar-refractivity contribution in [2.75, 3.05) is 6.54 Å². The maximum atomic E-state index is 12.2. The number of carbonyl (C=O) groups excluding carboxylic acids is 1. The summed E-state index contributed by atoms with van der Waals surface area (Å²) in [4.78, 5) is 29.2. The molecule has 0 radical (unpaired) electrons. The normalized spacial score (nSPS) is 13.4. The molecule has 6 heteroatoms. The Labute approximate surface area is 127 Å². The van der Waals surface area contributed by atoms with E-state index in [0.29, 0.717) is 24.3 Å². The molecule has 0 saturated carbocycles. The lowest BCUT2D eigenvalue weighted by Crippen LogP contribution is -2.38. The van der Waals surface area contributed by atoms with Crippen LogP contribution in [-0.4, -0.2) is 33.6 Å². The summed E-state index contributed by atoms with van der Waals surface area (Å²) in [6.45, 7) is 0.644. The number of aromatic carboxylic acids is 1. The molecule has 0 unspecified atom stereocenters. The van der Waals surface area contributed by atoms with Crippen LogP contribution in [0, 0.1) is 0 Å². The van der Waals surface area contributed by atoms with Crippen LogP contribution in [0.3, 0.4) is 0 Å². The molecule has 1 N–H and O–H groups in total. The summed E-state index contributed by atoms with van der Waals surface area (Å²) in [5.41, 5.74) is 1.48. The Morgan fingerprint density at radius 2 is 1.95 bits per heavy atom. The molecule has 0 spiro atoms. The zero-order chi connectivity index (χ0) is 15.5. The molecule has 3 rings (SSSR count). The number of benzene rings is 1. The van der Waals surface area contributed by atoms with Crippen LogP contribution in [0.1, 0.15) is 21.6 Å². The van der Waals surface area contributed by atoms with Crippen molar-refractivity contribution in [2.45, 2.75) is 13.0 Å². The van der Waals surface area contributed by atoms with Crippen molar-refractivity contribution in [3.63, 3.8) is 0 Å². The van der Waals surface area contributed by atoms with Crippen LogP contribution in [0.25, 0.3) is 0 Å². The molecule has 1 aromatic heterocycles. The van der Waals surface area contributed by atoms with E-state index in [-0.39, 0.29) is 12.1 Å². The summed E-state index contributed by atoms with van der Waals surface area (Å²) in [6, 6.07) is 10.2. The number of carboxylic acid groups (broad SMARTS) is 1. The lowest BCUT2D eigenvalue weighted by atomic mass is 10.0. The number of ether oxygens (including phenoxy) is 1. The van der Waals surface area contributed by atoms with E-state index >= 15 is 0 Å². The molecule has 1 aromatic carbocycles. The number of para-hydroxylation sites is 1. The number of rotatable bonds is 2. The van der Waals surface area contributed by atoms with Crippen molar-refractivity contribution >= 4 is 12.1 Å². The highest BCUT2D eigenvalue weighted by Crippen LogP contribution is 2.22. The number of hydrogen-bond acceptors (Lipinski definition) is 4. The largest absolute Gasteiger partial charge is 0.478 e. The van der Waals surface area contributed by atoms with Crippen LogP contribution < -0.4 is 4.74 Å². The van der Waals surface area contributed by atoms with Gasteiger partial charge in [-0.05, 0) is 18.2 Å². The second kappa shape index (κ2) is 5.85. The standard InChI is InChI=1S/C16H14N2O4/c19-15(20)12-6-8-17-14-7-9-18(10-13(12)14)16(21)22-11-4-2-1-3-5-11/h1-6,8H,7,9-10H2,(H,19,20). The molecular formula is C16H14N2O4. The number of fused-ring (bicyclic) bond motifs is 1. The first-order valence-electron chi connectivity index (χ1n) is 6.87. The molecule has 2 heterocycles. The van der Waals surface area contributed by atoms with Crippen LogP contribution in [0.15, 0.2) is 42.6 Å². The fraction of sp³-hybridized carbons (Fsp3) is 0.188. The van der Waals surface area contributed by atoms with Gasteiger partial charge in [-0.25, -0.2) is 9.59 Å². The summed E-state index contributed by atoms with van der Waals surface area (Å²) < 4.78 is 5.29. The Hall–Kier alpha value is -2.89. The van der Waals surface area contributed by atoms with E-state index in [1.807, 2.05) is 6.07 Å². The fourth-order valence-electron chi connectivity index (χ4n) is 2.45. The van der Waals surface area contributed by atoms with Crippen LogP contribution in [0.5, 0.6) is 5.75 Å². The Morgan fingerprint density at radius 1 is 1.18 bits per heavy atom. The van der Waals surface area contributed by atoms with Crippen LogP contribution in [-0.2, 0) is 13.0 Å². The zero-order valence-corrected chi connectivity index (χ0v) is 11.7. The van der Waals surface area contributed by atoms with Crippen molar-refractivity contribution in [3.05, 3.63) is 59.4 Å². The summed E-state index contributed by atoms with van der Waals surface area (Å²) in [7, 11) is 0. The molecule has 0 bridgehead atoms. The van der Waals surface area contributed by atoms with Gasteiger partial charge < -0.3 is 14.7 Å². The summed E-state index contributed by atoms with van der Waals surface area (Å²) >= 11 is 0. The van der Waals surface area contributed by atoms with Crippen molar-refractivity contribution in [2.24, 2.45) is 0 Å². The third kappa shape index (κ3) is 2.76. The molecule has 22 heavy (non-hydrogen) atoms. The van der Waals surface area contributed by atoms with Gasteiger partial charge in [-0.2, -0.15) is 0 Å². The predicted molar refractivity (Wildman–Crippen MR) is 77.8 cm³/mol. The first-order valence-corrected chi connectivity index (χ1v) is 6.87. The number of pyridine rings is 1. The van der Waals surface area contributed by atoms with E-state index < -0.39 is 12.1 Å². The quantitative estimate of drug-likeness (QED) is 0.920. The van der Waals surface area contributed by atoms with E-state index in [9.17, 15) is 14.7 Å². The molecule has 6 nitrogen and oxygen atoms in total. The van der Waals surface area contributed by atoms with Crippen molar-refractivity contribution < 1.29 is 19.4 Å². The maximum absolute atomic E-state index is 12.2. The molecule has 0 atom stereocenters. The van der Waals surface area contributed by atoms with E-state index in [1.165, 1.54) is 17.2 Å². The molecule has 1 amide bonds. The number of aromatic nitrogens is 1.